The number of halogens is 1. The molecule has 4 rings (SSSR count). The molecule has 7 atom stereocenters. The molecule has 22 heavy (non-hydrogen) atoms. The Morgan fingerprint density at radius 1 is 1.45 bits per heavy atom. The normalized spacial score (nSPS) is 50.3. The molecule has 1 unspecified atom stereocenters. The van der Waals surface area contributed by atoms with Crippen molar-refractivity contribution in [2.45, 2.75) is 56.3 Å². The second-order valence-electron chi connectivity index (χ2n) is 7.52. The number of esters is 1. The van der Waals surface area contributed by atoms with Crippen molar-refractivity contribution in [3.63, 3.8) is 0 Å². The first-order chi connectivity index (χ1) is 10.5. The van der Waals surface area contributed by atoms with Gasteiger partial charge in [0.05, 0.1) is 12.0 Å². The maximum Gasteiger partial charge on any atom is 0.339 e. The van der Waals surface area contributed by atoms with E-state index in [1.54, 1.807) is 6.92 Å². The van der Waals surface area contributed by atoms with Gasteiger partial charge in [0.1, 0.15) is 0 Å². The highest BCUT2D eigenvalue weighted by Gasteiger charge is 2.80. The molecule has 4 aliphatic rings. The lowest BCUT2D eigenvalue weighted by Gasteiger charge is -2.55. The third kappa shape index (κ3) is 1.59. The van der Waals surface area contributed by atoms with E-state index in [4.69, 9.17) is 16.3 Å². The van der Waals surface area contributed by atoms with Crippen LogP contribution in [0.1, 0.15) is 39.0 Å². The number of aliphatic hydroxyl groups excluding tert-OH is 1. The number of nitrogens with one attached hydrogen (secondary N) is 1. The summed E-state index contributed by atoms with van der Waals surface area (Å²) < 4.78 is 5.41. The molecule has 0 aromatic rings. The van der Waals surface area contributed by atoms with E-state index in [1.165, 1.54) is 6.42 Å². The molecule has 2 saturated heterocycles. The van der Waals surface area contributed by atoms with Crippen molar-refractivity contribution in [3.05, 3.63) is 0 Å². The standard InChI is InChI=1S/C16H22ClNO4/c1-15-11(5-6-17)13(20)18-16(15,14(21)22-15)12(19)9-4-2-3-8-7-10(8)9/h8-12,19H,2-7H2,1H3,(H,18,20)/t8-,9+,10+,11+,12+,15+,16?/m1/s1. The van der Waals surface area contributed by atoms with Gasteiger partial charge in [-0.15, -0.1) is 11.6 Å². The van der Waals surface area contributed by atoms with Crippen LogP contribution in [0.4, 0.5) is 0 Å². The molecule has 0 aromatic heterocycles. The van der Waals surface area contributed by atoms with E-state index in [0.29, 0.717) is 24.1 Å². The Bertz CT molecular complexity index is 540. The van der Waals surface area contributed by atoms with Gasteiger partial charge in [-0.2, -0.15) is 0 Å². The molecule has 0 bridgehead atoms. The molecule has 4 fully saturated rings. The van der Waals surface area contributed by atoms with E-state index in [-0.39, 0.29) is 11.8 Å². The largest absolute Gasteiger partial charge is 0.453 e. The van der Waals surface area contributed by atoms with Crippen LogP contribution in [0.5, 0.6) is 0 Å². The molecule has 5 nitrogen and oxygen atoms in total. The van der Waals surface area contributed by atoms with E-state index in [1.807, 2.05) is 0 Å². The van der Waals surface area contributed by atoms with Crippen molar-refractivity contribution >= 4 is 23.5 Å². The lowest BCUT2D eigenvalue weighted by atomic mass is 9.63. The quantitative estimate of drug-likeness (QED) is 0.601. The van der Waals surface area contributed by atoms with Gasteiger partial charge in [0.2, 0.25) is 11.4 Å². The minimum atomic E-state index is -1.27. The van der Waals surface area contributed by atoms with Gasteiger partial charge in [-0.1, -0.05) is 12.8 Å². The van der Waals surface area contributed by atoms with E-state index in [0.717, 1.165) is 19.3 Å². The van der Waals surface area contributed by atoms with Crippen LogP contribution in [0, 0.1) is 23.7 Å². The molecular weight excluding hydrogens is 306 g/mol. The first-order valence-corrected chi connectivity index (χ1v) is 8.78. The Hall–Kier alpha value is -0.810. The van der Waals surface area contributed by atoms with Crippen LogP contribution in [0.25, 0.3) is 0 Å². The van der Waals surface area contributed by atoms with Crippen molar-refractivity contribution in [2.24, 2.45) is 23.7 Å². The summed E-state index contributed by atoms with van der Waals surface area (Å²) in [7, 11) is 0. The predicted octanol–water partition coefficient (Wildman–Crippen LogP) is 1.21. The highest BCUT2D eigenvalue weighted by atomic mass is 35.5. The molecule has 0 spiro atoms. The zero-order chi connectivity index (χ0) is 15.7. The topological polar surface area (TPSA) is 75.6 Å². The van der Waals surface area contributed by atoms with Crippen LogP contribution in [0.15, 0.2) is 0 Å². The minimum Gasteiger partial charge on any atom is -0.453 e. The number of hydrogen-bond donors (Lipinski definition) is 2. The molecular formula is C16H22ClNO4. The smallest absolute Gasteiger partial charge is 0.339 e. The van der Waals surface area contributed by atoms with Crippen molar-refractivity contribution in [2.75, 3.05) is 5.88 Å². The fraction of sp³-hybridized carbons (Fsp3) is 0.875. The molecule has 122 valence electrons. The number of fused-ring (bicyclic) bond motifs is 2. The Morgan fingerprint density at radius 3 is 2.91 bits per heavy atom. The van der Waals surface area contributed by atoms with Crippen molar-refractivity contribution in [1.29, 1.82) is 0 Å². The lowest BCUT2D eigenvalue weighted by Crippen LogP contribution is -2.80. The molecule has 2 aliphatic carbocycles. The molecule has 6 heteroatoms. The Kier molecular flexibility index (Phi) is 3.09. The first kappa shape index (κ1) is 14.8. The van der Waals surface area contributed by atoms with Gasteiger partial charge in [-0.05, 0) is 43.9 Å². The zero-order valence-electron chi connectivity index (χ0n) is 12.7. The third-order valence-electron chi connectivity index (χ3n) is 6.60. The fourth-order valence-electron chi connectivity index (χ4n) is 5.24. The first-order valence-electron chi connectivity index (χ1n) is 8.25. The summed E-state index contributed by atoms with van der Waals surface area (Å²) in [5, 5.41) is 13.8. The van der Waals surface area contributed by atoms with Gasteiger partial charge in [-0.3, -0.25) is 4.79 Å². The number of aliphatic hydroxyl groups is 1. The number of hydrogen-bond acceptors (Lipinski definition) is 4. The van der Waals surface area contributed by atoms with Crippen LogP contribution >= 0.6 is 11.6 Å². The monoisotopic (exact) mass is 327 g/mol. The highest BCUT2D eigenvalue weighted by Crippen LogP contribution is 2.59. The van der Waals surface area contributed by atoms with E-state index in [9.17, 15) is 14.7 Å². The summed E-state index contributed by atoms with van der Waals surface area (Å²) in [6.07, 6.45) is 3.96. The average molecular weight is 328 g/mol. The van der Waals surface area contributed by atoms with Crippen LogP contribution < -0.4 is 5.32 Å². The van der Waals surface area contributed by atoms with Gasteiger partial charge in [0, 0.05) is 5.88 Å². The summed E-state index contributed by atoms with van der Waals surface area (Å²) in [4.78, 5) is 24.7. The van der Waals surface area contributed by atoms with Gasteiger partial charge < -0.3 is 15.2 Å². The maximum absolute atomic E-state index is 12.3. The number of ether oxygens (including phenoxy) is 1. The van der Waals surface area contributed by atoms with Crippen molar-refractivity contribution in [3.8, 4) is 0 Å². The molecule has 2 heterocycles. The molecule has 2 N–H and O–H groups in total. The zero-order valence-corrected chi connectivity index (χ0v) is 13.4. The van der Waals surface area contributed by atoms with E-state index in [2.05, 4.69) is 5.32 Å². The summed E-state index contributed by atoms with van der Waals surface area (Å²) in [5.41, 5.74) is -2.24. The van der Waals surface area contributed by atoms with Crippen molar-refractivity contribution < 1.29 is 19.4 Å². The highest BCUT2D eigenvalue weighted by molar-refractivity contribution is 6.18. The van der Waals surface area contributed by atoms with Gasteiger partial charge >= 0.3 is 5.97 Å². The maximum atomic E-state index is 12.3. The Balaban J connectivity index is 1.66. The summed E-state index contributed by atoms with van der Waals surface area (Å²) in [5.74, 6) is 0.414. The summed E-state index contributed by atoms with van der Waals surface area (Å²) >= 11 is 5.80. The number of carbonyl (C=O) groups is 2. The van der Waals surface area contributed by atoms with Crippen LogP contribution in [0.3, 0.4) is 0 Å². The van der Waals surface area contributed by atoms with E-state index >= 15 is 0 Å². The van der Waals surface area contributed by atoms with Crippen LogP contribution in [-0.2, 0) is 14.3 Å². The van der Waals surface area contributed by atoms with Crippen molar-refractivity contribution in [1.82, 2.24) is 5.32 Å². The molecule has 0 aromatic carbocycles. The van der Waals surface area contributed by atoms with Crippen LogP contribution in [0.2, 0.25) is 0 Å². The van der Waals surface area contributed by atoms with Gasteiger partial charge in [-0.25, -0.2) is 4.79 Å². The minimum absolute atomic E-state index is 0.0842. The number of carbonyl (C=O) groups excluding carboxylic acids is 2. The van der Waals surface area contributed by atoms with Crippen LogP contribution in [-0.4, -0.2) is 40.1 Å². The van der Waals surface area contributed by atoms with Gasteiger partial charge in [0.15, 0.2) is 5.60 Å². The SMILES string of the molecule is C[C@@]12OC(=O)C1([C@@H](O)[C@H]1CCC[C@@H]3C[C@@H]31)NC(=O)[C@@H]2CCCl. The molecule has 2 saturated carbocycles. The summed E-state index contributed by atoms with van der Waals surface area (Å²) in [6, 6.07) is 0. The van der Waals surface area contributed by atoms with E-state index < -0.39 is 29.1 Å². The Morgan fingerprint density at radius 2 is 2.23 bits per heavy atom. The second kappa shape index (κ2) is 4.60. The lowest BCUT2D eigenvalue weighted by molar-refractivity contribution is -0.240. The number of alkyl halides is 1. The molecule has 0 radical (unpaired) electrons. The Labute approximate surface area is 134 Å². The average Bonchev–Trinajstić information content (AvgIpc) is 3.25. The van der Waals surface area contributed by atoms with Gasteiger partial charge in [0.25, 0.3) is 0 Å². The second-order valence-corrected chi connectivity index (χ2v) is 7.90. The summed E-state index contributed by atoms with van der Waals surface area (Å²) in [6.45, 7) is 1.76. The fourth-order valence-corrected chi connectivity index (χ4v) is 5.45. The molecule has 2 aliphatic heterocycles. The third-order valence-corrected chi connectivity index (χ3v) is 6.82. The predicted molar refractivity (Wildman–Crippen MR) is 79.1 cm³/mol. The number of amides is 1. The number of rotatable bonds is 4. The molecule has 1 amide bonds.